The van der Waals surface area contributed by atoms with Gasteiger partial charge in [-0.3, -0.25) is 4.79 Å². The zero-order chi connectivity index (χ0) is 15.4. The predicted molar refractivity (Wildman–Crippen MR) is 81.1 cm³/mol. The van der Waals surface area contributed by atoms with Crippen LogP contribution in [0.15, 0.2) is 18.2 Å². The first kappa shape index (κ1) is 15.1. The van der Waals surface area contributed by atoms with Crippen LogP contribution in [-0.2, 0) is 16.1 Å². The van der Waals surface area contributed by atoms with Crippen molar-refractivity contribution in [2.45, 2.75) is 25.0 Å². The molecule has 0 aromatic heterocycles. The maximum absolute atomic E-state index is 12.5. The van der Waals surface area contributed by atoms with Gasteiger partial charge < -0.3 is 24.8 Å². The maximum atomic E-state index is 12.5. The number of hydrogen-bond acceptors (Lipinski definition) is 5. The number of piperidine rings is 1. The molecule has 0 unspecified atom stereocenters. The summed E-state index contributed by atoms with van der Waals surface area (Å²) in [5.74, 6) is 1.45. The van der Waals surface area contributed by atoms with Crippen LogP contribution in [0.3, 0.4) is 0 Å². The van der Waals surface area contributed by atoms with Gasteiger partial charge in [-0.25, -0.2) is 0 Å². The molecule has 6 nitrogen and oxygen atoms in total. The van der Waals surface area contributed by atoms with Crippen LogP contribution in [0.1, 0.15) is 18.4 Å². The van der Waals surface area contributed by atoms with Gasteiger partial charge in [0.15, 0.2) is 11.5 Å². The van der Waals surface area contributed by atoms with E-state index in [0.717, 1.165) is 30.2 Å². The lowest BCUT2D eigenvalue weighted by Crippen LogP contribution is -2.53. The molecule has 3 rings (SSSR count). The fourth-order valence-electron chi connectivity index (χ4n) is 2.90. The zero-order valence-corrected chi connectivity index (χ0v) is 12.8. The van der Waals surface area contributed by atoms with Crippen LogP contribution in [0.25, 0.3) is 0 Å². The Kier molecular flexibility index (Phi) is 4.49. The second-order valence-corrected chi connectivity index (χ2v) is 5.61. The van der Waals surface area contributed by atoms with Crippen LogP contribution >= 0.6 is 0 Å². The van der Waals surface area contributed by atoms with Crippen molar-refractivity contribution in [1.82, 2.24) is 10.6 Å². The molecule has 1 fully saturated rings. The second-order valence-electron chi connectivity index (χ2n) is 5.61. The molecule has 22 heavy (non-hydrogen) atoms. The van der Waals surface area contributed by atoms with Gasteiger partial charge in [0.25, 0.3) is 5.91 Å². The summed E-state index contributed by atoms with van der Waals surface area (Å²) in [4.78, 5) is 12.5. The van der Waals surface area contributed by atoms with Crippen LogP contribution in [-0.4, -0.2) is 44.9 Å². The topological polar surface area (TPSA) is 68.8 Å². The normalized spacial score (nSPS) is 19.5. The van der Waals surface area contributed by atoms with Crippen molar-refractivity contribution >= 4 is 5.91 Å². The summed E-state index contributed by atoms with van der Waals surface area (Å²) >= 11 is 0. The summed E-state index contributed by atoms with van der Waals surface area (Å²) < 4.78 is 16.6. The zero-order valence-electron chi connectivity index (χ0n) is 12.8. The summed E-state index contributed by atoms with van der Waals surface area (Å²) in [6.07, 6.45) is 1.38. The van der Waals surface area contributed by atoms with Gasteiger partial charge in [-0.1, -0.05) is 6.07 Å². The maximum Gasteiger partial charge on any atom is 0.252 e. The van der Waals surface area contributed by atoms with E-state index in [1.807, 2.05) is 18.2 Å². The molecule has 0 atom stereocenters. The first-order valence-electron chi connectivity index (χ1n) is 7.66. The monoisotopic (exact) mass is 306 g/mol. The third-order valence-electron chi connectivity index (χ3n) is 4.28. The summed E-state index contributed by atoms with van der Waals surface area (Å²) in [5, 5.41) is 6.23. The lowest BCUT2D eigenvalue weighted by atomic mass is 9.91. The molecule has 6 heteroatoms. The molecule has 1 saturated heterocycles. The minimum atomic E-state index is -0.709. The Balaban J connectivity index is 1.63. The SMILES string of the molecule is COC1(C(=O)NCc2ccc3c(c2)OCCO3)CCNCC1. The number of carbonyl (C=O) groups excluding carboxylic acids is 1. The lowest BCUT2D eigenvalue weighted by molar-refractivity contribution is -0.146. The molecule has 2 aliphatic heterocycles. The largest absolute Gasteiger partial charge is 0.486 e. The van der Waals surface area contributed by atoms with Crippen molar-refractivity contribution in [3.63, 3.8) is 0 Å². The molecule has 0 saturated carbocycles. The number of ether oxygens (including phenoxy) is 3. The molecule has 0 aliphatic carbocycles. The molecule has 0 radical (unpaired) electrons. The number of methoxy groups -OCH3 is 1. The Morgan fingerprint density at radius 2 is 2.00 bits per heavy atom. The lowest BCUT2D eigenvalue weighted by Gasteiger charge is -2.34. The highest BCUT2D eigenvalue weighted by molar-refractivity contribution is 5.85. The Bertz CT molecular complexity index is 541. The molecule has 120 valence electrons. The first-order chi connectivity index (χ1) is 10.7. The number of rotatable bonds is 4. The van der Waals surface area contributed by atoms with Crippen molar-refractivity contribution in [1.29, 1.82) is 0 Å². The van der Waals surface area contributed by atoms with Gasteiger partial charge in [-0.15, -0.1) is 0 Å². The van der Waals surface area contributed by atoms with Crippen molar-refractivity contribution in [3.8, 4) is 11.5 Å². The Labute approximate surface area is 130 Å². The molecular weight excluding hydrogens is 284 g/mol. The van der Waals surface area contributed by atoms with E-state index < -0.39 is 5.60 Å². The molecular formula is C16H22N2O4. The van der Waals surface area contributed by atoms with Gasteiger partial charge in [0, 0.05) is 13.7 Å². The number of amides is 1. The van der Waals surface area contributed by atoms with Crippen molar-refractivity contribution in [3.05, 3.63) is 23.8 Å². The van der Waals surface area contributed by atoms with Crippen LogP contribution < -0.4 is 20.1 Å². The minimum Gasteiger partial charge on any atom is -0.486 e. The fourth-order valence-corrected chi connectivity index (χ4v) is 2.90. The van der Waals surface area contributed by atoms with Crippen LogP contribution in [0.4, 0.5) is 0 Å². The van der Waals surface area contributed by atoms with E-state index in [9.17, 15) is 4.79 Å². The highest BCUT2D eigenvalue weighted by atomic mass is 16.6. The van der Waals surface area contributed by atoms with Gasteiger partial charge >= 0.3 is 0 Å². The molecule has 2 heterocycles. The highest BCUT2D eigenvalue weighted by Gasteiger charge is 2.39. The molecule has 1 aromatic carbocycles. The van der Waals surface area contributed by atoms with E-state index in [2.05, 4.69) is 10.6 Å². The average Bonchev–Trinajstić information content (AvgIpc) is 2.60. The number of nitrogens with one attached hydrogen (secondary N) is 2. The van der Waals surface area contributed by atoms with E-state index in [1.165, 1.54) is 0 Å². The van der Waals surface area contributed by atoms with Crippen LogP contribution in [0.2, 0.25) is 0 Å². The first-order valence-corrected chi connectivity index (χ1v) is 7.66. The molecule has 2 aliphatic rings. The Hall–Kier alpha value is -1.79. The summed E-state index contributed by atoms with van der Waals surface area (Å²) in [6.45, 7) is 3.18. The minimum absolute atomic E-state index is 0.0496. The van der Waals surface area contributed by atoms with Gasteiger partial charge in [-0.05, 0) is 43.6 Å². The third kappa shape index (κ3) is 3.03. The number of hydrogen-bond donors (Lipinski definition) is 2. The van der Waals surface area contributed by atoms with Gasteiger partial charge in [0.05, 0.1) is 0 Å². The number of carbonyl (C=O) groups is 1. The summed E-state index contributed by atoms with van der Waals surface area (Å²) in [6, 6.07) is 5.74. The molecule has 0 bridgehead atoms. The quantitative estimate of drug-likeness (QED) is 0.863. The molecule has 1 amide bonds. The molecule has 0 spiro atoms. The summed E-state index contributed by atoms with van der Waals surface area (Å²) in [7, 11) is 1.61. The van der Waals surface area contributed by atoms with Crippen molar-refractivity contribution in [2.75, 3.05) is 33.4 Å². The highest BCUT2D eigenvalue weighted by Crippen LogP contribution is 2.30. The number of benzene rings is 1. The van der Waals surface area contributed by atoms with Crippen molar-refractivity contribution in [2.24, 2.45) is 0 Å². The van der Waals surface area contributed by atoms with E-state index in [-0.39, 0.29) is 5.91 Å². The predicted octanol–water partition coefficient (Wildman–Crippen LogP) is 0.843. The number of fused-ring (bicyclic) bond motifs is 1. The van der Waals surface area contributed by atoms with Gasteiger partial charge in [0.1, 0.15) is 18.8 Å². The van der Waals surface area contributed by atoms with Crippen molar-refractivity contribution < 1.29 is 19.0 Å². The van der Waals surface area contributed by atoms with E-state index >= 15 is 0 Å². The Morgan fingerprint density at radius 1 is 1.27 bits per heavy atom. The van der Waals surface area contributed by atoms with E-state index in [4.69, 9.17) is 14.2 Å². The third-order valence-corrected chi connectivity index (χ3v) is 4.28. The summed E-state index contributed by atoms with van der Waals surface area (Å²) in [5.41, 5.74) is 0.275. The Morgan fingerprint density at radius 3 is 2.73 bits per heavy atom. The molecule has 1 aromatic rings. The average molecular weight is 306 g/mol. The van der Waals surface area contributed by atoms with Gasteiger partial charge in [0.2, 0.25) is 0 Å². The molecule has 2 N–H and O–H groups in total. The van der Waals surface area contributed by atoms with E-state index in [0.29, 0.717) is 32.6 Å². The van der Waals surface area contributed by atoms with E-state index in [1.54, 1.807) is 7.11 Å². The smallest absolute Gasteiger partial charge is 0.252 e. The van der Waals surface area contributed by atoms with Gasteiger partial charge in [-0.2, -0.15) is 0 Å². The standard InChI is InChI=1S/C16H22N2O4/c1-20-16(4-6-17-7-5-16)15(19)18-11-12-2-3-13-14(10-12)22-9-8-21-13/h2-3,10,17H,4-9,11H2,1H3,(H,18,19). The van der Waals surface area contributed by atoms with Crippen LogP contribution in [0, 0.1) is 0 Å². The van der Waals surface area contributed by atoms with Crippen LogP contribution in [0.5, 0.6) is 11.5 Å². The second kappa shape index (κ2) is 6.54. The fraction of sp³-hybridized carbons (Fsp3) is 0.562.